The number of hydrogen-bond donors (Lipinski definition) is 2. The first-order chi connectivity index (χ1) is 13.3. The lowest BCUT2D eigenvalue weighted by Crippen LogP contribution is -2.17. The van der Waals surface area contributed by atoms with Gasteiger partial charge in [-0.15, -0.1) is 0 Å². The maximum Gasteiger partial charge on any atom is 0.225 e. The Bertz CT molecular complexity index is 892. The van der Waals surface area contributed by atoms with Gasteiger partial charge in [-0.25, -0.2) is 9.37 Å². The van der Waals surface area contributed by atoms with Crippen molar-refractivity contribution >= 4 is 11.8 Å². The van der Waals surface area contributed by atoms with Crippen molar-refractivity contribution in [3.8, 4) is 11.3 Å². The van der Waals surface area contributed by atoms with E-state index in [-0.39, 0.29) is 5.82 Å². The molecule has 27 heavy (non-hydrogen) atoms. The third-order valence-electron chi connectivity index (χ3n) is 4.85. The number of hydrogen-bond acceptors (Lipinski definition) is 4. The average Bonchev–Trinajstić information content (AvgIpc) is 3.20. The number of anilines is 2. The number of aromatic nitrogens is 2. The second-order valence-electron chi connectivity index (χ2n) is 6.94. The van der Waals surface area contributed by atoms with Crippen LogP contribution in [0.5, 0.6) is 0 Å². The van der Waals surface area contributed by atoms with Crippen molar-refractivity contribution in [1.82, 2.24) is 9.97 Å². The molecular formula is C22H23FN4. The van der Waals surface area contributed by atoms with Crippen LogP contribution in [0.2, 0.25) is 0 Å². The number of halogens is 1. The fraction of sp³-hybridized carbons (Fsp3) is 0.273. The zero-order valence-electron chi connectivity index (χ0n) is 15.2. The van der Waals surface area contributed by atoms with Crippen molar-refractivity contribution in [2.24, 2.45) is 0 Å². The first kappa shape index (κ1) is 17.5. The van der Waals surface area contributed by atoms with Gasteiger partial charge in [0, 0.05) is 24.2 Å². The minimum atomic E-state index is -0.231. The van der Waals surface area contributed by atoms with Crippen molar-refractivity contribution in [2.45, 2.75) is 38.3 Å². The molecule has 4 rings (SSSR count). The molecule has 4 nitrogen and oxygen atoms in total. The van der Waals surface area contributed by atoms with Crippen LogP contribution in [0.3, 0.4) is 0 Å². The Morgan fingerprint density at radius 1 is 0.926 bits per heavy atom. The molecule has 0 amide bonds. The summed E-state index contributed by atoms with van der Waals surface area (Å²) in [4.78, 5) is 9.35. The Balaban J connectivity index is 1.58. The second-order valence-corrected chi connectivity index (χ2v) is 6.94. The van der Waals surface area contributed by atoms with Gasteiger partial charge in [-0.2, -0.15) is 4.98 Å². The van der Waals surface area contributed by atoms with E-state index in [2.05, 4.69) is 15.6 Å². The zero-order chi connectivity index (χ0) is 18.5. The molecule has 0 aliphatic heterocycles. The van der Waals surface area contributed by atoms with Crippen LogP contribution in [-0.2, 0) is 6.54 Å². The first-order valence-electron chi connectivity index (χ1n) is 9.46. The molecule has 138 valence electrons. The molecule has 2 N–H and O–H groups in total. The summed E-state index contributed by atoms with van der Waals surface area (Å²) in [6, 6.07) is 19.0. The van der Waals surface area contributed by atoms with Crippen LogP contribution in [0.4, 0.5) is 16.2 Å². The third-order valence-corrected chi connectivity index (χ3v) is 4.85. The molecule has 1 aromatic heterocycles. The molecule has 1 aliphatic rings. The lowest BCUT2D eigenvalue weighted by atomic mass is 10.1. The van der Waals surface area contributed by atoms with Gasteiger partial charge < -0.3 is 10.6 Å². The molecule has 1 saturated carbocycles. The van der Waals surface area contributed by atoms with Crippen molar-refractivity contribution in [3.05, 3.63) is 72.0 Å². The highest BCUT2D eigenvalue weighted by Gasteiger charge is 2.16. The Hall–Kier alpha value is -2.95. The van der Waals surface area contributed by atoms with E-state index in [4.69, 9.17) is 4.98 Å². The highest BCUT2D eigenvalue weighted by atomic mass is 19.1. The predicted octanol–water partition coefficient (Wildman–Crippen LogP) is 5.25. The number of benzene rings is 2. The Morgan fingerprint density at radius 3 is 2.52 bits per heavy atom. The molecule has 2 aromatic carbocycles. The normalized spacial score (nSPS) is 14.3. The first-order valence-corrected chi connectivity index (χ1v) is 9.46. The quantitative estimate of drug-likeness (QED) is 0.629. The monoisotopic (exact) mass is 362 g/mol. The van der Waals surface area contributed by atoms with E-state index in [1.807, 2.05) is 42.5 Å². The summed E-state index contributed by atoms with van der Waals surface area (Å²) in [5.41, 5.74) is 2.79. The lowest BCUT2D eigenvalue weighted by Gasteiger charge is -2.15. The molecule has 5 heteroatoms. The minimum absolute atomic E-state index is 0.231. The average molecular weight is 362 g/mol. The van der Waals surface area contributed by atoms with E-state index < -0.39 is 0 Å². The fourth-order valence-electron chi connectivity index (χ4n) is 3.45. The molecule has 1 fully saturated rings. The van der Waals surface area contributed by atoms with Crippen molar-refractivity contribution in [2.75, 3.05) is 10.6 Å². The summed E-state index contributed by atoms with van der Waals surface area (Å²) in [5.74, 6) is 1.14. The van der Waals surface area contributed by atoms with E-state index in [1.54, 1.807) is 6.07 Å². The minimum Gasteiger partial charge on any atom is -0.366 e. The van der Waals surface area contributed by atoms with Crippen LogP contribution in [0, 0.1) is 5.82 Å². The van der Waals surface area contributed by atoms with Crippen molar-refractivity contribution < 1.29 is 4.39 Å². The summed E-state index contributed by atoms with van der Waals surface area (Å²) in [5, 5.41) is 6.78. The van der Waals surface area contributed by atoms with Gasteiger partial charge >= 0.3 is 0 Å². The summed E-state index contributed by atoms with van der Waals surface area (Å²) in [6.45, 7) is 0.506. The van der Waals surface area contributed by atoms with Crippen molar-refractivity contribution in [1.29, 1.82) is 0 Å². The summed E-state index contributed by atoms with van der Waals surface area (Å²) in [7, 11) is 0. The molecule has 0 unspecified atom stereocenters. The summed E-state index contributed by atoms with van der Waals surface area (Å²) < 4.78 is 13.4. The molecule has 1 aliphatic carbocycles. The van der Waals surface area contributed by atoms with Gasteiger partial charge in [0.25, 0.3) is 0 Å². The van der Waals surface area contributed by atoms with Crippen LogP contribution in [-0.4, -0.2) is 16.0 Å². The maximum atomic E-state index is 13.4. The molecular weight excluding hydrogens is 339 g/mol. The largest absolute Gasteiger partial charge is 0.366 e. The van der Waals surface area contributed by atoms with E-state index >= 15 is 0 Å². The number of rotatable bonds is 6. The van der Waals surface area contributed by atoms with Crippen molar-refractivity contribution in [3.63, 3.8) is 0 Å². The highest BCUT2D eigenvalue weighted by Crippen LogP contribution is 2.25. The Labute approximate surface area is 158 Å². The Kier molecular flexibility index (Phi) is 5.28. The van der Waals surface area contributed by atoms with Crippen LogP contribution in [0.25, 0.3) is 11.3 Å². The number of nitrogens with one attached hydrogen (secondary N) is 2. The molecule has 0 bridgehead atoms. The van der Waals surface area contributed by atoms with E-state index in [0.29, 0.717) is 18.5 Å². The SMILES string of the molecule is Fc1cccc(CNc2cc(-c3ccccc3)nc(NC3CCCC3)n2)c1. The van der Waals surface area contributed by atoms with Gasteiger partial charge in [0.1, 0.15) is 11.6 Å². The van der Waals surface area contributed by atoms with E-state index in [0.717, 1.165) is 35.5 Å². The van der Waals surface area contributed by atoms with Gasteiger partial charge in [-0.3, -0.25) is 0 Å². The zero-order valence-corrected chi connectivity index (χ0v) is 15.2. The third kappa shape index (κ3) is 4.61. The topological polar surface area (TPSA) is 49.8 Å². The van der Waals surface area contributed by atoms with Crippen LogP contribution in [0.1, 0.15) is 31.2 Å². The highest BCUT2D eigenvalue weighted by molar-refractivity contribution is 5.64. The smallest absolute Gasteiger partial charge is 0.225 e. The van der Waals surface area contributed by atoms with Gasteiger partial charge in [-0.05, 0) is 30.5 Å². The standard InChI is InChI=1S/C22H23FN4/c23-18-10-6-7-16(13-18)15-24-21-14-20(17-8-2-1-3-9-17)26-22(27-21)25-19-11-4-5-12-19/h1-3,6-10,13-14,19H,4-5,11-12,15H2,(H2,24,25,26,27). The summed E-state index contributed by atoms with van der Waals surface area (Å²) in [6.07, 6.45) is 4.82. The molecule has 3 aromatic rings. The number of nitrogens with zero attached hydrogens (tertiary/aromatic N) is 2. The van der Waals surface area contributed by atoms with Crippen LogP contribution >= 0.6 is 0 Å². The van der Waals surface area contributed by atoms with Gasteiger partial charge in [-0.1, -0.05) is 55.3 Å². The van der Waals surface area contributed by atoms with Gasteiger partial charge in [0.2, 0.25) is 5.95 Å². The molecule has 0 saturated heterocycles. The van der Waals surface area contributed by atoms with E-state index in [9.17, 15) is 4.39 Å². The second kappa shape index (κ2) is 8.16. The van der Waals surface area contributed by atoms with E-state index in [1.165, 1.54) is 25.0 Å². The molecule has 0 radical (unpaired) electrons. The molecule has 0 atom stereocenters. The van der Waals surface area contributed by atoms with Gasteiger partial charge in [0.15, 0.2) is 0 Å². The van der Waals surface area contributed by atoms with Crippen LogP contribution in [0.15, 0.2) is 60.7 Å². The fourth-order valence-corrected chi connectivity index (χ4v) is 3.45. The lowest BCUT2D eigenvalue weighted by molar-refractivity contribution is 0.626. The van der Waals surface area contributed by atoms with Crippen LogP contribution < -0.4 is 10.6 Å². The Morgan fingerprint density at radius 2 is 1.74 bits per heavy atom. The molecule has 1 heterocycles. The maximum absolute atomic E-state index is 13.4. The molecule has 0 spiro atoms. The summed E-state index contributed by atoms with van der Waals surface area (Å²) >= 11 is 0. The van der Waals surface area contributed by atoms with Gasteiger partial charge in [0.05, 0.1) is 5.69 Å². The predicted molar refractivity (Wildman–Crippen MR) is 107 cm³/mol.